The Labute approximate surface area is 127 Å². The van der Waals surface area contributed by atoms with Crippen molar-refractivity contribution in [3.05, 3.63) is 23.8 Å². The first-order chi connectivity index (χ1) is 9.95. The lowest BCUT2D eigenvalue weighted by Crippen LogP contribution is -2.36. The average Bonchev–Trinajstić information content (AvgIpc) is 3.23. The molecule has 1 aliphatic rings. The highest BCUT2D eigenvalue weighted by molar-refractivity contribution is 5.93. The number of rotatable bonds is 7. The maximum atomic E-state index is 12.3. The van der Waals surface area contributed by atoms with Gasteiger partial charge in [-0.15, -0.1) is 0 Å². The van der Waals surface area contributed by atoms with Crippen LogP contribution in [0.4, 0.5) is 11.4 Å². The minimum atomic E-state index is 0.0550. The Hall–Kier alpha value is -1.55. The maximum Gasteiger partial charge on any atom is 0.238 e. The second-order valence-electron chi connectivity index (χ2n) is 6.51. The zero-order valence-corrected chi connectivity index (χ0v) is 13.4. The predicted molar refractivity (Wildman–Crippen MR) is 88.3 cm³/mol. The van der Waals surface area contributed by atoms with Gasteiger partial charge >= 0.3 is 0 Å². The summed E-state index contributed by atoms with van der Waals surface area (Å²) in [6.45, 7) is 7.91. The van der Waals surface area contributed by atoms with E-state index >= 15 is 0 Å². The minimum absolute atomic E-state index is 0.0550. The third-order valence-electron chi connectivity index (χ3n) is 3.94. The highest BCUT2D eigenvalue weighted by atomic mass is 16.2. The van der Waals surface area contributed by atoms with Crippen molar-refractivity contribution in [2.45, 2.75) is 46.1 Å². The maximum absolute atomic E-state index is 12.3. The van der Waals surface area contributed by atoms with E-state index in [-0.39, 0.29) is 5.91 Å². The Bertz CT molecular complexity index is 495. The fourth-order valence-corrected chi connectivity index (χ4v) is 2.40. The number of hydrogen-bond acceptors (Lipinski definition) is 3. The number of hydrogen-bond donors (Lipinski definition) is 2. The first kappa shape index (κ1) is 15.8. The van der Waals surface area contributed by atoms with Crippen LogP contribution < -0.4 is 11.1 Å². The van der Waals surface area contributed by atoms with Gasteiger partial charge in [-0.05, 0) is 56.3 Å². The van der Waals surface area contributed by atoms with Crippen LogP contribution in [0.2, 0.25) is 0 Å². The molecule has 0 heterocycles. The third kappa shape index (κ3) is 5.05. The summed E-state index contributed by atoms with van der Waals surface area (Å²) in [5, 5.41) is 2.99. The standard InChI is InChI=1S/C17H27N3O/c1-12(2)8-9-20(15-6-7-15)11-17(21)19-16-10-14(18)5-4-13(16)3/h4-5,10,12,15H,6-9,11,18H2,1-3H3,(H,19,21). The molecule has 21 heavy (non-hydrogen) atoms. The van der Waals surface area contributed by atoms with E-state index in [4.69, 9.17) is 5.73 Å². The van der Waals surface area contributed by atoms with Gasteiger partial charge in [0.2, 0.25) is 5.91 Å². The summed E-state index contributed by atoms with van der Waals surface area (Å²) in [6, 6.07) is 6.21. The van der Waals surface area contributed by atoms with Crippen LogP contribution in [0.25, 0.3) is 0 Å². The Morgan fingerprint density at radius 2 is 2.14 bits per heavy atom. The molecule has 0 bridgehead atoms. The van der Waals surface area contributed by atoms with E-state index in [0.717, 1.165) is 24.2 Å². The molecule has 116 valence electrons. The number of nitrogens with two attached hydrogens (primary N) is 1. The van der Waals surface area contributed by atoms with Gasteiger partial charge in [-0.2, -0.15) is 0 Å². The molecule has 1 saturated carbocycles. The molecule has 0 radical (unpaired) electrons. The van der Waals surface area contributed by atoms with Crippen LogP contribution in [0.5, 0.6) is 0 Å². The van der Waals surface area contributed by atoms with E-state index in [0.29, 0.717) is 24.2 Å². The number of carbonyl (C=O) groups is 1. The van der Waals surface area contributed by atoms with Gasteiger partial charge in [0.05, 0.1) is 6.54 Å². The molecule has 1 aromatic carbocycles. The molecule has 1 aromatic rings. The normalized spacial score (nSPS) is 14.7. The first-order valence-corrected chi connectivity index (χ1v) is 7.85. The SMILES string of the molecule is Cc1ccc(N)cc1NC(=O)CN(CCC(C)C)C1CC1. The number of carbonyl (C=O) groups excluding carboxylic acids is 1. The largest absolute Gasteiger partial charge is 0.399 e. The van der Waals surface area contributed by atoms with Gasteiger partial charge in [0.1, 0.15) is 0 Å². The summed E-state index contributed by atoms with van der Waals surface area (Å²) in [7, 11) is 0. The van der Waals surface area contributed by atoms with E-state index in [1.54, 1.807) is 0 Å². The van der Waals surface area contributed by atoms with Crippen molar-refractivity contribution in [2.24, 2.45) is 5.92 Å². The molecule has 4 heteroatoms. The number of nitrogen functional groups attached to an aromatic ring is 1. The summed E-state index contributed by atoms with van der Waals surface area (Å²) >= 11 is 0. The second kappa shape index (κ2) is 6.94. The van der Waals surface area contributed by atoms with Gasteiger partial charge in [0.15, 0.2) is 0 Å². The number of amides is 1. The predicted octanol–water partition coefficient (Wildman–Crippen LogP) is 3.03. The summed E-state index contributed by atoms with van der Waals surface area (Å²) < 4.78 is 0. The lowest BCUT2D eigenvalue weighted by molar-refractivity contribution is -0.117. The lowest BCUT2D eigenvalue weighted by atomic mass is 10.1. The molecular formula is C17H27N3O. The number of nitrogens with one attached hydrogen (secondary N) is 1. The van der Waals surface area contributed by atoms with Crippen molar-refractivity contribution < 1.29 is 4.79 Å². The number of nitrogens with zero attached hydrogens (tertiary/aromatic N) is 1. The Kier molecular flexibility index (Phi) is 5.23. The first-order valence-electron chi connectivity index (χ1n) is 7.85. The van der Waals surface area contributed by atoms with Crippen LogP contribution in [0.1, 0.15) is 38.7 Å². The Balaban J connectivity index is 1.91. The van der Waals surface area contributed by atoms with E-state index in [9.17, 15) is 4.79 Å². The topological polar surface area (TPSA) is 58.4 Å². The summed E-state index contributed by atoms with van der Waals surface area (Å²) in [4.78, 5) is 14.6. The van der Waals surface area contributed by atoms with Crippen molar-refractivity contribution in [2.75, 3.05) is 24.1 Å². The highest BCUT2D eigenvalue weighted by Crippen LogP contribution is 2.27. The smallest absolute Gasteiger partial charge is 0.238 e. The highest BCUT2D eigenvalue weighted by Gasteiger charge is 2.30. The molecule has 1 aliphatic carbocycles. The molecule has 2 rings (SSSR count). The molecule has 0 aromatic heterocycles. The lowest BCUT2D eigenvalue weighted by Gasteiger charge is -2.22. The van der Waals surface area contributed by atoms with Gasteiger partial charge in [-0.1, -0.05) is 19.9 Å². The van der Waals surface area contributed by atoms with Crippen LogP contribution in [-0.4, -0.2) is 29.9 Å². The molecule has 4 nitrogen and oxygen atoms in total. The van der Waals surface area contributed by atoms with Crippen LogP contribution in [0.15, 0.2) is 18.2 Å². The van der Waals surface area contributed by atoms with Crippen molar-refractivity contribution >= 4 is 17.3 Å². The van der Waals surface area contributed by atoms with E-state index in [2.05, 4.69) is 24.1 Å². The minimum Gasteiger partial charge on any atom is -0.399 e. The average molecular weight is 289 g/mol. The fourth-order valence-electron chi connectivity index (χ4n) is 2.40. The summed E-state index contributed by atoms with van der Waals surface area (Å²) in [5.74, 6) is 0.727. The number of benzene rings is 1. The van der Waals surface area contributed by atoms with Gasteiger partial charge < -0.3 is 11.1 Å². The number of anilines is 2. The Morgan fingerprint density at radius 3 is 2.76 bits per heavy atom. The fraction of sp³-hybridized carbons (Fsp3) is 0.588. The van der Waals surface area contributed by atoms with Crippen LogP contribution in [-0.2, 0) is 4.79 Å². The van der Waals surface area contributed by atoms with Crippen molar-refractivity contribution in [3.8, 4) is 0 Å². The van der Waals surface area contributed by atoms with E-state index < -0.39 is 0 Å². The Morgan fingerprint density at radius 1 is 1.43 bits per heavy atom. The molecule has 3 N–H and O–H groups in total. The molecule has 0 atom stereocenters. The zero-order chi connectivity index (χ0) is 15.4. The summed E-state index contributed by atoms with van der Waals surface area (Å²) in [6.07, 6.45) is 3.59. The molecule has 0 saturated heterocycles. The second-order valence-corrected chi connectivity index (χ2v) is 6.51. The monoisotopic (exact) mass is 289 g/mol. The van der Waals surface area contributed by atoms with Crippen molar-refractivity contribution in [3.63, 3.8) is 0 Å². The quantitative estimate of drug-likeness (QED) is 0.759. The third-order valence-corrected chi connectivity index (χ3v) is 3.94. The van der Waals surface area contributed by atoms with Crippen molar-refractivity contribution in [1.29, 1.82) is 0 Å². The van der Waals surface area contributed by atoms with E-state index in [1.165, 1.54) is 12.8 Å². The molecular weight excluding hydrogens is 262 g/mol. The summed E-state index contributed by atoms with van der Waals surface area (Å²) in [5.41, 5.74) is 8.32. The van der Waals surface area contributed by atoms with Crippen LogP contribution in [0, 0.1) is 12.8 Å². The molecule has 0 unspecified atom stereocenters. The van der Waals surface area contributed by atoms with Gasteiger partial charge in [-0.3, -0.25) is 9.69 Å². The molecule has 0 aliphatic heterocycles. The zero-order valence-electron chi connectivity index (χ0n) is 13.4. The molecule has 1 amide bonds. The van der Waals surface area contributed by atoms with Crippen LogP contribution >= 0.6 is 0 Å². The van der Waals surface area contributed by atoms with E-state index in [1.807, 2.05) is 25.1 Å². The molecule has 1 fully saturated rings. The van der Waals surface area contributed by atoms with Gasteiger partial charge in [-0.25, -0.2) is 0 Å². The number of aryl methyl sites for hydroxylation is 1. The van der Waals surface area contributed by atoms with Gasteiger partial charge in [0.25, 0.3) is 0 Å². The molecule has 0 spiro atoms. The van der Waals surface area contributed by atoms with Crippen molar-refractivity contribution in [1.82, 2.24) is 4.90 Å². The van der Waals surface area contributed by atoms with Gasteiger partial charge in [0, 0.05) is 17.4 Å². The van der Waals surface area contributed by atoms with Crippen LogP contribution in [0.3, 0.4) is 0 Å².